The zero-order chi connectivity index (χ0) is 16.8. The summed E-state index contributed by atoms with van der Waals surface area (Å²) < 4.78 is 0. The van der Waals surface area contributed by atoms with Gasteiger partial charge >= 0.3 is 0 Å². The van der Waals surface area contributed by atoms with Crippen LogP contribution in [0.4, 0.5) is 5.82 Å². The molecule has 1 fully saturated rings. The minimum absolute atomic E-state index is 0.0482. The summed E-state index contributed by atoms with van der Waals surface area (Å²) in [5.41, 5.74) is 1.89. The zero-order valence-electron chi connectivity index (χ0n) is 14.1. The first kappa shape index (κ1) is 16.5. The van der Waals surface area contributed by atoms with E-state index in [1.807, 2.05) is 30.3 Å². The summed E-state index contributed by atoms with van der Waals surface area (Å²) in [6, 6.07) is 13.9. The van der Waals surface area contributed by atoms with Gasteiger partial charge in [0.15, 0.2) is 0 Å². The van der Waals surface area contributed by atoms with Crippen molar-refractivity contribution < 1.29 is 4.79 Å². The first-order valence-electron chi connectivity index (χ1n) is 8.44. The van der Waals surface area contributed by atoms with Gasteiger partial charge in [0.1, 0.15) is 5.82 Å². The fraction of sp³-hybridized carbons (Fsp3) is 0.368. The number of carbonyl (C=O) groups is 1. The van der Waals surface area contributed by atoms with Crippen molar-refractivity contribution >= 4 is 11.7 Å². The lowest BCUT2D eigenvalue weighted by atomic mass is 10.1. The Bertz CT molecular complexity index is 666. The molecule has 126 valence electrons. The molecule has 1 saturated heterocycles. The molecule has 5 heteroatoms. The molecule has 0 atom stereocenters. The molecule has 0 bridgehead atoms. The molecule has 0 unspecified atom stereocenters. The minimum atomic E-state index is -0.0482. The molecule has 1 amide bonds. The van der Waals surface area contributed by atoms with E-state index in [2.05, 4.69) is 39.3 Å². The average Bonchev–Trinajstić information content (AvgIpc) is 2.63. The third-order valence-electron chi connectivity index (χ3n) is 4.38. The van der Waals surface area contributed by atoms with Gasteiger partial charge in [0.2, 0.25) is 0 Å². The number of anilines is 1. The molecule has 1 aliphatic rings. The maximum atomic E-state index is 12.6. The monoisotopic (exact) mass is 324 g/mol. The van der Waals surface area contributed by atoms with E-state index < -0.39 is 0 Å². The van der Waals surface area contributed by atoms with Gasteiger partial charge in [-0.1, -0.05) is 30.3 Å². The number of benzene rings is 1. The summed E-state index contributed by atoms with van der Waals surface area (Å²) >= 11 is 0. The highest BCUT2D eigenvalue weighted by atomic mass is 16.1. The summed E-state index contributed by atoms with van der Waals surface area (Å²) in [6.07, 6.45) is 2.59. The number of carbonyl (C=O) groups excluding carboxylic acids is 1. The first-order valence-corrected chi connectivity index (χ1v) is 8.44. The van der Waals surface area contributed by atoms with Crippen molar-refractivity contribution in [3.05, 3.63) is 59.8 Å². The fourth-order valence-electron chi connectivity index (χ4n) is 2.90. The third kappa shape index (κ3) is 4.11. The number of hydrogen-bond donors (Lipinski definition) is 1. The van der Waals surface area contributed by atoms with E-state index in [1.165, 1.54) is 5.56 Å². The number of nitrogens with one attached hydrogen (secondary N) is 1. The number of amides is 1. The van der Waals surface area contributed by atoms with Crippen LogP contribution in [-0.4, -0.2) is 55.6 Å². The molecule has 24 heavy (non-hydrogen) atoms. The van der Waals surface area contributed by atoms with Crippen LogP contribution in [0.3, 0.4) is 0 Å². The predicted octanol–water partition coefficient (Wildman–Crippen LogP) is 1.81. The Hall–Kier alpha value is -2.40. The summed E-state index contributed by atoms with van der Waals surface area (Å²) in [7, 11) is 2.12. The Labute approximate surface area is 143 Å². The lowest BCUT2D eigenvalue weighted by molar-refractivity contribution is 0.0954. The number of hydrogen-bond acceptors (Lipinski definition) is 4. The molecule has 0 aliphatic carbocycles. The van der Waals surface area contributed by atoms with E-state index in [0.29, 0.717) is 12.1 Å². The molecule has 0 spiro atoms. The smallest absolute Gasteiger partial charge is 0.255 e. The molecule has 5 nitrogen and oxygen atoms in total. The molecule has 1 aromatic carbocycles. The maximum absolute atomic E-state index is 12.6. The molecular weight excluding hydrogens is 300 g/mol. The second-order valence-electron chi connectivity index (χ2n) is 6.16. The van der Waals surface area contributed by atoms with Crippen molar-refractivity contribution in [3.63, 3.8) is 0 Å². The zero-order valence-corrected chi connectivity index (χ0v) is 14.1. The van der Waals surface area contributed by atoms with E-state index >= 15 is 0 Å². The van der Waals surface area contributed by atoms with Gasteiger partial charge in [0.25, 0.3) is 5.91 Å². The Morgan fingerprint density at radius 1 is 1.08 bits per heavy atom. The minimum Gasteiger partial charge on any atom is -0.353 e. The van der Waals surface area contributed by atoms with Crippen LogP contribution < -0.4 is 10.2 Å². The van der Waals surface area contributed by atoms with Crippen molar-refractivity contribution in [1.29, 1.82) is 0 Å². The molecule has 1 aromatic heterocycles. The second-order valence-corrected chi connectivity index (χ2v) is 6.16. The van der Waals surface area contributed by atoms with Crippen LogP contribution in [0.25, 0.3) is 0 Å². The first-order chi connectivity index (χ1) is 11.7. The highest BCUT2D eigenvalue weighted by Crippen LogP contribution is 2.18. The van der Waals surface area contributed by atoms with Gasteiger partial charge in [-0.05, 0) is 31.2 Å². The molecule has 2 heterocycles. The second kappa shape index (κ2) is 7.93. The van der Waals surface area contributed by atoms with Gasteiger partial charge in [0, 0.05) is 38.9 Å². The van der Waals surface area contributed by atoms with Crippen LogP contribution in [0.5, 0.6) is 0 Å². The summed E-state index contributed by atoms with van der Waals surface area (Å²) in [5, 5.41) is 3.02. The summed E-state index contributed by atoms with van der Waals surface area (Å²) in [4.78, 5) is 21.5. The van der Waals surface area contributed by atoms with Crippen LogP contribution in [0.2, 0.25) is 0 Å². The topological polar surface area (TPSA) is 48.5 Å². The Morgan fingerprint density at radius 2 is 1.83 bits per heavy atom. The van der Waals surface area contributed by atoms with Crippen molar-refractivity contribution in [2.24, 2.45) is 0 Å². The van der Waals surface area contributed by atoms with Crippen LogP contribution in [0, 0.1) is 0 Å². The van der Waals surface area contributed by atoms with E-state index in [1.54, 1.807) is 6.20 Å². The molecular formula is C19H24N4O. The largest absolute Gasteiger partial charge is 0.353 e. The predicted molar refractivity (Wildman–Crippen MR) is 96.4 cm³/mol. The van der Waals surface area contributed by atoms with Crippen LogP contribution in [-0.2, 0) is 6.42 Å². The van der Waals surface area contributed by atoms with E-state index in [9.17, 15) is 4.79 Å². The van der Waals surface area contributed by atoms with E-state index in [-0.39, 0.29) is 5.91 Å². The molecule has 3 rings (SSSR count). The normalized spacial score (nSPS) is 15.3. The number of nitrogens with zero attached hydrogens (tertiary/aromatic N) is 3. The molecule has 2 aromatic rings. The van der Waals surface area contributed by atoms with Gasteiger partial charge in [-0.2, -0.15) is 0 Å². The van der Waals surface area contributed by atoms with Crippen LogP contribution >= 0.6 is 0 Å². The number of piperazine rings is 1. The van der Waals surface area contributed by atoms with E-state index in [0.717, 1.165) is 38.4 Å². The maximum Gasteiger partial charge on any atom is 0.255 e. The van der Waals surface area contributed by atoms with Crippen molar-refractivity contribution in [1.82, 2.24) is 15.2 Å². The van der Waals surface area contributed by atoms with Crippen molar-refractivity contribution in [2.75, 3.05) is 44.7 Å². The lowest BCUT2D eigenvalue weighted by Crippen LogP contribution is -2.45. The summed E-state index contributed by atoms with van der Waals surface area (Å²) in [5.74, 6) is 0.746. The van der Waals surface area contributed by atoms with Gasteiger partial charge in [-0.25, -0.2) is 4.98 Å². The lowest BCUT2D eigenvalue weighted by Gasteiger charge is -2.34. The van der Waals surface area contributed by atoms with Gasteiger partial charge in [-0.3, -0.25) is 4.79 Å². The van der Waals surface area contributed by atoms with Crippen molar-refractivity contribution in [3.8, 4) is 0 Å². The Kier molecular flexibility index (Phi) is 5.43. The quantitative estimate of drug-likeness (QED) is 0.911. The van der Waals surface area contributed by atoms with Gasteiger partial charge < -0.3 is 15.1 Å². The average molecular weight is 324 g/mol. The fourth-order valence-corrected chi connectivity index (χ4v) is 2.90. The number of pyridine rings is 1. The Morgan fingerprint density at radius 3 is 2.58 bits per heavy atom. The third-order valence-corrected chi connectivity index (χ3v) is 4.38. The number of rotatable bonds is 5. The highest BCUT2D eigenvalue weighted by molar-refractivity contribution is 5.98. The van der Waals surface area contributed by atoms with Crippen LogP contribution in [0.15, 0.2) is 48.7 Å². The molecule has 1 aliphatic heterocycles. The SMILES string of the molecule is CN1CCN(c2ncccc2C(=O)NCCc2ccccc2)CC1. The standard InChI is InChI=1S/C19H24N4O/c1-22-12-14-23(15-13-22)18-17(8-5-10-20-18)19(24)21-11-9-16-6-3-2-4-7-16/h2-8,10H,9,11-15H2,1H3,(H,21,24). The highest BCUT2D eigenvalue weighted by Gasteiger charge is 2.20. The molecule has 0 radical (unpaired) electrons. The molecule has 1 N–H and O–H groups in total. The van der Waals surface area contributed by atoms with Crippen LogP contribution in [0.1, 0.15) is 15.9 Å². The number of likely N-dealkylation sites (N-methyl/N-ethyl adjacent to an activating group) is 1. The Balaban J connectivity index is 1.62. The number of aromatic nitrogens is 1. The molecule has 0 saturated carbocycles. The van der Waals surface area contributed by atoms with Gasteiger partial charge in [-0.15, -0.1) is 0 Å². The van der Waals surface area contributed by atoms with Gasteiger partial charge in [0.05, 0.1) is 5.56 Å². The summed E-state index contributed by atoms with van der Waals surface area (Å²) in [6.45, 7) is 4.41. The van der Waals surface area contributed by atoms with E-state index in [4.69, 9.17) is 0 Å². The van der Waals surface area contributed by atoms with Crippen molar-refractivity contribution in [2.45, 2.75) is 6.42 Å².